The van der Waals surface area contributed by atoms with E-state index in [-0.39, 0.29) is 29.8 Å². The molecule has 0 N–H and O–H groups in total. The Morgan fingerprint density at radius 1 is 1.31 bits per heavy atom. The molecule has 5 heteroatoms. The van der Waals surface area contributed by atoms with Crippen molar-refractivity contribution in [3.63, 3.8) is 0 Å². The van der Waals surface area contributed by atoms with E-state index in [0.29, 0.717) is 0 Å². The summed E-state index contributed by atoms with van der Waals surface area (Å²) in [6.07, 6.45) is 0. The summed E-state index contributed by atoms with van der Waals surface area (Å²) in [5.41, 5.74) is 0. The number of thioether (sulfide) groups is 1. The number of halogens is 2. The molecule has 0 aliphatic rings. The average Bonchev–Trinajstić information content (AvgIpc) is 2.13. The lowest BCUT2D eigenvalue weighted by atomic mass is 10.4. The predicted molar refractivity (Wildman–Crippen MR) is 63.1 cm³/mol. The number of hydrogen-bond acceptors (Lipinski definition) is 1. The summed E-state index contributed by atoms with van der Waals surface area (Å²) >= 11 is 1.55. The van der Waals surface area contributed by atoms with Crippen LogP contribution >= 0.6 is 11.8 Å². The van der Waals surface area contributed by atoms with E-state index >= 15 is 0 Å². The first-order chi connectivity index (χ1) is 7.00. The van der Waals surface area contributed by atoms with Crippen LogP contribution in [0.3, 0.4) is 0 Å². The molecule has 16 heavy (non-hydrogen) atoms. The third-order valence-electron chi connectivity index (χ3n) is 1.77. The van der Waals surface area contributed by atoms with Gasteiger partial charge in [0, 0.05) is 4.90 Å². The van der Waals surface area contributed by atoms with Gasteiger partial charge in [-0.05, 0) is 30.0 Å². The van der Waals surface area contributed by atoms with Crippen LogP contribution in [0.4, 0.5) is 4.39 Å². The molecule has 0 saturated heterocycles. The Hall–Kier alpha value is -0.300. The topological polar surface area (TPSA) is 6.25 Å². The fraction of sp³-hybridized carbons (Fsp3) is 0.364. The van der Waals surface area contributed by atoms with E-state index in [2.05, 4.69) is 0 Å². The lowest BCUT2D eigenvalue weighted by Gasteiger charge is -2.10. The summed E-state index contributed by atoms with van der Waals surface area (Å²) in [7, 11) is 7.90. The van der Waals surface area contributed by atoms with Crippen molar-refractivity contribution in [2.75, 3.05) is 28.2 Å². The Bertz CT molecular complexity index is 376. The standard InChI is InChI=1S/C11H16FN2S.HI/c1-13(2)11(14(3)4)15-10-7-5-6-9(12)8-10;/h5-8H,1-4H3;1H/q+1;/p-1. The molecule has 0 fully saturated rings. The van der Waals surface area contributed by atoms with Crippen molar-refractivity contribution < 1.29 is 32.9 Å². The molecule has 90 valence electrons. The average molecular weight is 354 g/mol. The van der Waals surface area contributed by atoms with Crippen molar-refractivity contribution in [2.45, 2.75) is 4.90 Å². The van der Waals surface area contributed by atoms with Crippen LogP contribution in [0, 0.1) is 5.82 Å². The molecule has 1 rings (SSSR count). The van der Waals surface area contributed by atoms with Gasteiger partial charge in [0.25, 0.3) is 0 Å². The Labute approximate surface area is 118 Å². The van der Waals surface area contributed by atoms with Crippen LogP contribution in [0.1, 0.15) is 0 Å². The minimum atomic E-state index is -0.197. The van der Waals surface area contributed by atoms with Gasteiger partial charge in [0.15, 0.2) is 0 Å². The zero-order valence-corrected chi connectivity index (χ0v) is 12.8. The van der Waals surface area contributed by atoms with Gasteiger partial charge in [0.2, 0.25) is 0 Å². The van der Waals surface area contributed by atoms with E-state index in [1.165, 1.54) is 12.1 Å². The van der Waals surface area contributed by atoms with Crippen LogP contribution in [-0.4, -0.2) is 42.8 Å². The van der Waals surface area contributed by atoms with E-state index < -0.39 is 0 Å². The number of amidine groups is 1. The summed E-state index contributed by atoms with van der Waals surface area (Å²) in [4.78, 5) is 2.92. The smallest absolute Gasteiger partial charge is 0.312 e. The lowest BCUT2D eigenvalue weighted by molar-refractivity contribution is -0.466. The summed E-state index contributed by atoms with van der Waals surface area (Å²) in [5, 5.41) is 1.07. The molecule has 2 nitrogen and oxygen atoms in total. The third kappa shape index (κ3) is 4.69. The SMILES string of the molecule is CN(C)C(Sc1cccc(F)c1)=[N+](C)C.[I-]. The van der Waals surface area contributed by atoms with Gasteiger partial charge in [-0.1, -0.05) is 6.07 Å². The second kappa shape index (κ2) is 7.11. The predicted octanol–water partition coefficient (Wildman–Crippen LogP) is -0.888. The monoisotopic (exact) mass is 354 g/mol. The van der Waals surface area contributed by atoms with Gasteiger partial charge < -0.3 is 24.0 Å². The van der Waals surface area contributed by atoms with Crippen LogP contribution in [-0.2, 0) is 0 Å². The van der Waals surface area contributed by atoms with Crippen molar-refractivity contribution in [1.29, 1.82) is 0 Å². The van der Waals surface area contributed by atoms with Gasteiger partial charge in [-0.15, -0.1) is 0 Å². The summed E-state index contributed by atoms with van der Waals surface area (Å²) in [5.74, 6) is -0.197. The van der Waals surface area contributed by atoms with Gasteiger partial charge in [-0.2, -0.15) is 0 Å². The van der Waals surface area contributed by atoms with E-state index in [4.69, 9.17) is 0 Å². The third-order valence-corrected chi connectivity index (χ3v) is 3.17. The molecule has 0 aliphatic carbocycles. The fourth-order valence-corrected chi connectivity index (χ4v) is 2.11. The number of benzene rings is 1. The summed E-state index contributed by atoms with van der Waals surface area (Å²) in [6, 6.07) is 6.62. The maximum Gasteiger partial charge on any atom is 0.312 e. The Morgan fingerprint density at radius 3 is 2.38 bits per heavy atom. The largest absolute Gasteiger partial charge is 1.00 e. The molecule has 1 aromatic carbocycles. The van der Waals surface area contributed by atoms with Crippen LogP contribution < -0.4 is 24.0 Å². The second-order valence-corrected chi connectivity index (χ2v) is 4.67. The maximum absolute atomic E-state index is 13.0. The second-order valence-electron chi connectivity index (χ2n) is 3.63. The minimum Gasteiger partial charge on any atom is -1.00 e. The van der Waals surface area contributed by atoms with Gasteiger partial charge in [-0.25, -0.2) is 4.39 Å². The molecule has 0 unspecified atom stereocenters. The van der Waals surface area contributed by atoms with E-state index in [9.17, 15) is 4.39 Å². The molecule has 0 aliphatic heterocycles. The maximum atomic E-state index is 13.0. The molecular weight excluding hydrogens is 338 g/mol. The molecule has 0 amide bonds. The highest BCUT2D eigenvalue weighted by Crippen LogP contribution is 2.20. The van der Waals surface area contributed by atoms with Gasteiger partial charge >= 0.3 is 5.17 Å². The molecule has 0 bridgehead atoms. The highest BCUT2D eigenvalue weighted by atomic mass is 127. The van der Waals surface area contributed by atoms with Gasteiger partial charge in [0.1, 0.15) is 5.82 Å². The molecule has 0 saturated carbocycles. The minimum absolute atomic E-state index is 0. The zero-order chi connectivity index (χ0) is 11.4. The van der Waals surface area contributed by atoms with Gasteiger partial charge in [-0.3, -0.25) is 9.48 Å². The number of nitrogens with zero attached hydrogens (tertiary/aromatic N) is 2. The molecule has 1 aromatic rings. The number of rotatable bonds is 1. The first kappa shape index (κ1) is 15.7. The molecular formula is C11H16FIN2S. The highest BCUT2D eigenvalue weighted by molar-refractivity contribution is 8.13. The first-order valence-corrected chi connectivity index (χ1v) is 5.47. The van der Waals surface area contributed by atoms with Crippen LogP contribution in [0.25, 0.3) is 0 Å². The van der Waals surface area contributed by atoms with Crippen LogP contribution in [0.15, 0.2) is 29.2 Å². The van der Waals surface area contributed by atoms with Crippen molar-refractivity contribution in [1.82, 2.24) is 4.90 Å². The highest BCUT2D eigenvalue weighted by Gasteiger charge is 2.13. The number of hydrogen-bond donors (Lipinski definition) is 0. The molecule has 0 aromatic heterocycles. The Balaban J connectivity index is 0.00000225. The van der Waals surface area contributed by atoms with E-state index in [1.54, 1.807) is 17.8 Å². The lowest BCUT2D eigenvalue weighted by Crippen LogP contribution is -3.00. The zero-order valence-electron chi connectivity index (χ0n) is 9.87. The molecule has 0 spiro atoms. The Morgan fingerprint density at radius 2 is 1.94 bits per heavy atom. The van der Waals surface area contributed by atoms with Crippen molar-refractivity contribution >= 4 is 16.9 Å². The normalized spacial score (nSPS) is 9.31. The van der Waals surface area contributed by atoms with E-state index in [0.717, 1.165) is 10.1 Å². The van der Waals surface area contributed by atoms with Crippen LogP contribution in [0.5, 0.6) is 0 Å². The fourth-order valence-electron chi connectivity index (χ4n) is 1.22. The van der Waals surface area contributed by atoms with Crippen molar-refractivity contribution in [3.8, 4) is 0 Å². The van der Waals surface area contributed by atoms with Crippen molar-refractivity contribution in [2.24, 2.45) is 0 Å². The molecule has 0 heterocycles. The summed E-state index contributed by atoms with van der Waals surface area (Å²) in [6.45, 7) is 0. The van der Waals surface area contributed by atoms with E-state index in [1.807, 2.05) is 43.7 Å². The molecule has 0 atom stereocenters. The van der Waals surface area contributed by atoms with Crippen LogP contribution in [0.2, 0.25) is 0 Å². The van der Waals surface area contributed by atoms with Gasteiger partial charge in [0.05, 0.1) is 28.2 Å². The summed E-state index contributed by atoms with van der Waals surface area (Å²) < 4.78 is 15.0. The quantitative estimate of drug-likeness (QED) is 0.212. The van der Waals surface area contributed by atoms with Crippen molar-refractivity contribution in [3.05, 3.63) is 30.1 Å². The first-order valence-electron chi connectivity index (χ1n) is 4.65. The Kier molecular flexibility index (Phi) is 6.98. The molecule has 0 radical (unpaired) electrons.